The Morgan fingerprint density at radius 1 is 1.13 bits per heavy atom. The largest absolute Gasteiger partial charge is 0.480 e. The number of carboxylic acid groups (broad SMARTS) is 1. The van der Waals surface area contributed by atoms with Crippen molar-refractivity contribution < 1.29 is 14.7 Å². The number of carboxylic acids is 1. The van der Waals surface area contributed by atoms with E-state index in [1.54, 1.807) is 11.8 Å². The molecule has 7 nitrogen and oxygen atoms in total. The maximum absolute atomic E-state index is 13.0. The molecule has 0 spiro atoms. The van der Waals surface area contributed by atoms with Gasteiger partial charge in [-0.2, -0.15) is 24.4 Å². The van der Waals surface area contributed by atoms with Crippen LogP contribution in [0.3, 0.4) is 0 Å². The molecule has 1 aromatic carbocycles. The highest BCUT2D eigenvalue weighted by atomic mass is 32.2. The molecule has 1 aromatic rings. The second kappa shape index (κ2) is 15.5. The average Bonchev–Trinajstić information content (AvgIpc) is 2.75. The van der Waals surface area contributed by atoms with Crippen LogP contribution in [-0.2, 0) is 16.0 Å². The number of thioether (sulfide) groups is 1. The van der Waals surface area contributed by atoms with Gasteiger partial charge in [-0.05, 0) is 36.3 Å². The molecule has 31 heavy (non-hydrogen) atoms. The molecule has 0 unspecified atom stereocenters. The van der Waals surface area contributed by atoms with Crippen LogP contribution in [0.2, 0.25) is 0 Å². The Balaban J connectivity index is 2.86. The SMILES string of the molecule is CSCC[C@H](NC(=O)[C@H](Cc1ccccc1)NC[C@@H](NC[C@@H](N)CS)C(C)C)C(=O)O. The lowest BCUT2D eigenvalue weighted by atomic mass is 10.0. The monoisotopic (exact) mass is 470 g/mol. The van der Waals surface area contributed by atoms with E-state index in [9.17, 15) is 14.7 Å². The van der Waals surface area contributed by atoms with Crippen LogP contribution in [0.1, 0.15) is 25.8 Å². The van der Waals surface area contributed by atoms with Crippen LogP contribution < -0.4 is 21.7 Å². The first-order chi connectivity index (χ1) is 14.8. The van der Waals surface area contributed by atoms with Crippen LogP contribution in [0, 0.1) is 5.92 Å². The van der Waals surface area contributed by atoms with Gasteiger partial charge in [-0.15, -0.1) is 0 Å². The number of nitrogens with two attached hydrogens (primary N) is 1. The first kappa shape index (κ1) is 27.8. The molecule has 0 aliphatic rings. The fourth-order valence-electron chi connectivity index (χ4n) is 3.05. The van der Waals surface area contributed by atoms with Crippen LogP contribution >= 0.6 is 24.4 Å². The number of hydrogen-bond acceptors (Lipinski definition) is 7. The summed E-state index contributed by atoms with van der Waals surface area (Å²) in [6.45, 7) is 5.42. The van der Waals surface area contributed by atoms with Gasteiger partial charge in [0, 0.05) is 30.9 Å². The van der Waals surface area contributed by atoms with Gasteiger partial charge < -0.3 is 26.8 Å². The topological polar surface area (TPSA) is 116 Å². The summed E-state index contributed by atoms with van der Waals surface area (Å²) >= 11 is 5.78. The fraction of sp³-hybridized carbons (Fsp3) is 0.636. The summed E-state index contributed by atoms with van der Waals surface area (Å²) in [5.74, 6) is 0.277. The summed E-state index contributed by atoms with van der Waals surface area (Å²) < 4.78 is 0. The molecule has 1 amide bonds. The highest BCUT2D eigenvalue weighted by molar-refractivity contribution is 7.98. The molecule has 0 radical (unpaired) electrons. The second-order valence-electron chi connectivity index (χ2n) is 8.03. The Kier molecular flexibility index (Phi) is 13.9. The van der Waals surface area contributed by atoms with Crippen molar-refractivity contribution >= 4 is 36.3 Å². The Morgan fingerprint density at radius 2 is 1.81 bits per heavy atom. The smallest absolute Gasteiger partial charge is 0.326 e. The number of rotatable bonds is 16. The molecule has 0 aliphatic carbocycles. The second-order valence-corrected chi connectivity index (χ2v) is 9.38. The van der Waals surface area contributed by atoms with Crippen LogP contribution in [0.15, 0.2) is 30.3 Å². The van der Waals surface area contributed by atoms with Crippen molar-refractivity contribution in [3.05, 3.63) is 35.9 Å². The van der Waals surface area contributed by atoms with Crippen LogP contribution in [0.4, 0.5) is 0 Å². The minimum atomic E-state index is -1.01. The zero-order valence-electron chi connectivity index (χ0n) is 18.7. The van der Waals surface area contributed by atoms with Crippen LogP contribution in [-0.4, -0.2) is 72.0 Å². The summed E-state index contributed by atoms with van der Waals surface area (Å²) in [6, 6.07) is 8.36. The van der Waals surface area contributed by atoms with E-state index in [-0.39, 0.29) is 18.0 Å². The number of thiol groups is 1. The molecule has 1 rings (SSSR count). The number of amides is 1. The van der Waals surface area contributed by atoms with E-state index in [1.165, 1.54) is 0 Å². The summed E-state index contributed by atoms with van der Waals surface area (Å²) in [6.07, 6.45) is 2.78. The van der Waals surface area contributed by atoms with Crippen molar-refractivity contribution in [1.82, 2.24) is 16.0 Å². The predicted molar refractivity (Wildman–Crippen MR) is 133 cm³/mol. The summed E-state index contributed by atoms with van der Waals surface area (Å²) in [7, 11) is 0. The van der Waals surface area contributed by atoms with Crippen molar-refractivity contribution in [2.75, 3.05) is 30.9 Å². The van der Waals surface area contributed by atoms with Crippen LogP contribution in [0.5, 0.6) is 0 Å². The third-order valence-corrected chi connectivity index (χ3v) is 6.20. The standard InChI is InChI=1S/C22H38N4O3S2/c1-15(2)20(24-12-17(23)14-30)13-25-19(11-16-7-5-4-6-8-16)21(27)26-18(22(28)29)9-10-31-3/h4-8,15,17-20,24-25,30H,9-14,23H2,1-3H3,(H,26,27)(H,28,29)/t17-,18+,19+,20-/m1/s1. The third-order valence-electron chi connectivity index (χ3n) is 5.09. The summed E-state index contributed by atoms with van der Waals surface area (Å²) in [5, 5.41) is 19.0. The molecule has 9 heteroatoms. The van der Waals surface area contributed by atoms with E-state index in [2.05, 4.69) is 42.4 Å². The van der Waals surface area contributed by atoms with Gasteiger partial charge >= 0.3 is 5.97 Å². The van der Waals surface area contributed by atoms with Gasteiger partial charge in [0.2, 0.25) is 5.91 Å². The van der Waals surface area contributed by atoms with Crippen molar-refractivity contribution in [3.8, 4) is 0 Å². The average molecular weight is 471 g/mol. The first-order valence-corrected chi connectivity index (χ1v) is 12.7. The minimum Gasteiger partial charge on any atom is -0.480 e. The van der Waals surface area contributed by atoms with Crippen molar-refractivity contribution in [3.63, 3.8) is 0 Å². The maximum atomic E-state index is 13.0. The minimum absolute atomic E-state index is 0.0410. The van der Waals surface area contributed by atoms with Gasteiger partial charge in [-0.25, -0.2) is 4.79 Å². The molecular formula is C22H38N4O3S2. The Bertz CT molecular complexity index is 649. The Hall–Kier alpha value is -1.26. The predicted octanol–water partition coefficient (Wildman–Crippen LogP) is 1.38. The zero-order valence-corrected chi connectivity index (χ0v) is 20.4. The third kappa shape index (κ3) is 11.2. The molecule has 0 heterocycles. The number of benzene rings is 1. The number of carbonyl (C=O) groups excluding carboxylic acids is 1. The molecule has 0 saturated heterocycles. The van der Waals surface area contributed by atoms with E-state index in [1.807, 2.05) is 36.6 Å². The summed E-state index contributed by atoms with van der Waals surface area (Å²) in [5.41, 5.74) is 6.98. The number of aliphatic carboxylic acids is 1. The van der Waals surface area contributed by atoms with Gasteiger partial charge in [0.05, 0.1) is 6.04 Å². The lowest BCUT2D eigenvalue weighted by Crippen LogP contribution is -2.55. The highest BCUT2D eigenvalue weighted by Gasteiger charge is 2.26. The molecule has 0 saturated carbocycles. The Labute approximate surface area is 196 Å². The lowest BCUT2D eigenvalue weighted by Gasteiger charge is -2.28. The zero-order chi connectivity index (χ0) is 23.2. The molecular weight excluding hydrogens is 432 g/mol. The van der Waals surface area contributed by atoms with Gasteiger partial charge in [-0.1, -0.05) is 44.2 Å². The first-order valence-electron chi connectivity index (χ1n) is 10.7. The quantitative estimate of drug-likeness (QED) is 0.202. The highest BCUT2D eigenvalue weighted by Crippen LogP contribution is 2.08. The molecule has 0 fully saturated rings. The Morgan fingerprint density at radius 3 is 2.35 bits per heavy atom. The molecule has 176 valence electrons. The summed E-state index contributed by atoms with van der Waals surface area (Å²) in [4.78, 5) is 24.6. The van der Waals surface area contributed by atoms with Crippen molar-refractivity contribution in [1.29, 1.82) is 0 Å². The van der Waals surface area contributed by atoms with E-state index >= 15 is 0 Å². The van der Waals surface area contributed by atoms with E-state index in [0.717, 1.165) is 5.56 Å². The van der Waals surface area contributed by atoms with Gasteiger partial charge in [0.15, 0.2) is 0 Å². The maximum Gasteiger partial charge on any atom is 0.326 e. The number of hydrogen-bond donors (Lipinski definition) is 6. The number of nitrogens with one attached hydrogen (secondary N) is 3. The molecule has 0 bridgehead atoms. The molecule has 0 aliphatic heterocycles. The van der Waals surface area contributed by atoms with E-state index in [4.69, 9.17) is 5.73 Å². The van der Waals surface area contributed by atoms with Gasteiger partial charge in [-0.3, -0.25) is 4.79 Å². The molecule has 4 atom stereocenters. The molecule has 6 N–H and O–H groups in total. The lowest BCUT2D eigenvalue weighted by molar-refractivity contribution is -0.142. The fourth-order valence-corrected chi connectivity index (χ4v) is 3.65. The van der Waals surface area contributed by atoms with Gasteiger partial charge in [0.25, 0.3) is 0 Å². The van der Waals surface area contributed by atoms with Crippen LogP contribution in [0.25, 0.3) is 0 Å². The molecule has 0 aromatic heterocycles. The van der Waals surface area contributed by atoms with E-state index < -0.39 is 18.1 Å². The van der Waals surface area contributed by atoms with Crippen molar-refractivity contribution in [2.45, 2.75) is 50.9 Å². The van der Waals surface area contributed by atoms with Crippen molar-refractivity contribution in [2.24, 2.45) is 11.7 Å². The van der Waals surface area contributed by atoms with E-state index in [0.29, 0.717) is 43.4 Å². The van der Waals surface area contributed by atoms with Gasteiger partial charge in [0.1, 0.15) is 6.04 Å². The number of carbonyl (C=O) groups is 2. The normalized spacial score (nSPS) is 15.3.